The molecule has 0 bridgehead atoms. The highest BCUT2D eigenvalue weighted by Gasteiger charge is 2.37. The number of piperidine rings is 1. The SMILES string of the molecule is CC1(O)CCN(S(=O)(=O)c2scnc2C(=O)O)CC1. The molecule has 19 heavy (non-hydrogen) atoms. The van der Waals surface area contributed by atoms with Crippen molar-refractivity contribution in [2.45, 2.75) is 29.6 Å². The van der Waals surface area contributed by atoms with E-state index in [2.05, 4.69) is 4.98 Å². The first-order valence-electron chi connectivity index (χ1n) is 5.63. The summed E-state index contributed by atoms with van der Waals surface area (Å²) in [6, 6.07) is 0. The monoisotopic (exact) mass is 306 g/mol. The van der Waals surface area contributed by atoms with Crippen molar-refractivity contribution in [3.63, 3.8) is 0 Å². The zero-order valence-corrected chi connectivity index (χ0v) is 11.9. The molecule has 2 heterocycles. The number of nitrogens with zero attached hydrogens (tertiary/aromatic N) is 2. The molecule has 0 amide bonds. The lowest BCUT2D eigenvalue weighted by Crippen LogP contribution is -2.45. The van der Waals surface area contributed by atoms with E-state index in [-0.39, 0.29) is 17.3 Å². The van der Waals surface area contributed by atoms with Gasteiger partial charge in [0.15, 0.2) is 9.90 Å². The third kappa shape index (κ3) is 2.78. The minimum Gasteiger partial charge on any atom is -0.476 e. The maximum atomic E-state index is 12.3. The predicted octanol–water partition coefficient (Wildman–Crippen LogP) is 0.377. The minimum absolute atomic E-state index is 0.173. The fraction of sp³-hybridized carbons (Fsp3) is 0.600. The molecular weight excluding hydrogens is 292 g/mol. The molecule has 1 aliphatic heterocycles. The van der Waals surface area contributed by atoms with E-state index in [0.29, 0.717) is 12.8 Å². The second-order valence-electron chi connectivity index (χ2n) is 4.69. The van der Waals surface area contributed by atoms with Crippen molar-refractivity contribution in [3.8, 4) is 0 Å². The molecule has 1 saturated heterocycles. The summed E-state index contributed by atoms with van der Waals surface area (Å²) in [4.78, 5) is 14.5. The van der Waals surface area contributed by atoms with E-state index in [4.69, 9.17) is 5.11 Å². The highest BCUT2D eigenvalue weighted by Crippen LogP contribution is 2.29. The molecule has 1 aliphatic rings. The maximum absolute atomic E-state index is 12.3. The van der Waals surface area contributed by atoms with Crippen molar-refractivity contribution in [1.29, 1.82) is 0 Å². The summed E-state index contributed by atoms with van der Waals surface area (Å²) in [5, 5.41) is 18.7. The summed E-state index contributed by atoms with van der Waals surface area (Å²) in [5.74, 6) is -1.36. The van der Waals surface area contributed by atoms with Crippen LogP contribution in [-0.2, 0) is 10.0 Å². The molecule has 0 spiro atoms. The number of carbonyl (C=O) groups is 1. The van der Waals surface area contributed by atoms with Crippen LogP contribution in [0.3, 0.4) is 0 Å². The lowest BCUT2D eigenvalue weighted by Gasteiger charge is -2.34. The fourth-order valence-corrected chi connectivity index (χ4v) is 4.61. The van der Waals surface area contributed by atoms with Crippen LogP contribution in [0.1, 0.15) is 30.3 Å². The van der Waals surface area contributed by atoms with E-state index in [0.717, 1.165) is 11.3 Å². The number of hydrogen-bond donors (Lipinski definition) is 2. The quantitative estimate of drug-likeness (QED) is 0.835. The Morgan fingerprint density at radius 2 is 2.05 bits per heavy atom. The number of aromatic nitrogens is 1. The van der Waals surface area contributed by atoms with Crippen LogP contribution in [0.15, 0.2) is 9.72 Å². The summed E-state index contributed by atoms with van der Waals surface area (Å²) in [6.45, 7) is 2.00. The van der Waals surface area contributed by atoms with Gasteiger partial charge in [0.05, 0.1) is 11.1 Å². The van der Waals surface area contributed by atoms with Crippen molar-refractivity contribution < 1.29 is 23.4 Å². The highest BCUT2D eigenvalue weighted by molar-refractivity contribution is 7.91. The molecule has 2 N–H and O–H groups in total. The van der Waals surface area contributed by atoms with Gasteiger partial charge in [0.25, 0.3) is 10.0 Å². The maximum Gasteiger partial charge on any atom is 0.356 e. The van der Waals surface area contributed by atoms with Gasteiger partial charge >= 0.3 is 5.97 Å². The van der Waals surface area contributed by atoms with E-state index in [1.165, 1.54) is 9.82 Å². The predicted molar refractivity (Wildman–Crippen MR) is 67.7 cm³/mol. The van der Waals surface area contributed by atoms with Gasteiger partial charge < -0.3 is 10.2 Å². The average Bonchev–Trinajstić information content (AvgIpc) is 2.77. The number of carboxylic acid groups (broad SMARTS) is 1. The Morgan fingerprint density at radius 3 is 2.58 bits per heavy atom. The van der Waals surface area contributed by atoms with Gasteiger partial charge in [0.2, 0.25) is 0 Å². The summed E-state index contributed by atoms with van der Waals surface area (Å²) >= 11 is 0.794. The summed E-state index contributed by atoms with van der Waals surface area (Å²) in [6.07, 6.45) is 0.654. The van der Waals surface area contributed by atoms with Gasteiger partial charge in [0.1, 0.15) is 0 Å². The topological polar surface area (TPSA) is 108 Å². The lowest BCUT2D eigenvalue weighted by atomic mass is 9.95. The standard InChI is InChI=1S/C10H14N2O5S2/c1-10(15)2-4-12(5-3-10)19(16,17)9-7(8(13)14)11-6-18-9/h6,15H,2-5H2,1H3,(H,13,14). The Bertz CT molecular complexity index is 583. The molecule has 1 fully saturated rings. The number of thiazole rings is 1. The number of aliphatic hydroxyl groups is 1. The van der Waals surface area contributed by atoms with Gasteiger partial charge in [0, 0.05) is 13.1 Å². The van der Waals surface area contributed by atoms with Crippen LogP contribution in [0.25, 0.3) is 0 Å². The Labute approximate surface area is 114 Å². The summed E-state index contributed by atoms with van der Waals surface area (Å²) < 4.78 is 25.6. The normalized spacial score (nSPS) is 20.3. The highest BCUT2D eigenvalue weighted by atomic mass is 32.2. The Hall–Kier alpha value is -1.03. The van der Waals surface area contributed by atoms with Crippen LogP contribution >= 0.6 is 11.3 Å². The second kappa shape index (κ2) is 4.82. The van der Waals surface area contributed by atoms with Crippen molar-refractivity contribution in [2.75, 3.05) is 13.1 Å². The Balaban J connectivity index is 2.29. The molecule has 0 atom stereocenters. The fourth-order valence-electron chi connectivity index (χ4n) is 1.89. The first kappa shape index (κ1) is 14.4. The van der Waals surface area contributed by atoms with Crippen LogP contribution in [0.4, 0.5) is 0 Å². The molecular formula is C10H14N2O5S2. The van der Waals surface area contributed by atoms with E-state index in [9.17, 15) is 18.3 Å². The van der Waals surface area contributed by atoms with Gasteiger partial charge in [-0.25, -0.2) is 18.2 Å². The van der Waals surface area contributed by atoms with Crippen LogP contribution in [0, 0.1) is 0 Å². The molecule has 2 rings (SSSR count). The van der Waals surface area contributed by atoms with Crippen LogP contribution < -0.4 is 0 Å². The number of hydrogen-bond acceptors (Lipinski definition) is 6. The lowest BCUT2D eigenvalue weighted by molar-refractivity contribution is 0.0126. The summed E-state index contributed by atoms with van der Waals surface area (Å²) in [7, 11) is -3.85. The van der Waals surface area contributed by atoms with Gasteiger partial charge in [-0.2, -0.15) is 4.31 Å². The van der Waals surface area contributed by atoms with Crippen molar-refractivity contribution in [1.82, 2.24) is 9.29 Å². The molecule has 106 valence electrons. The molecule has 1 aromatic heterocycles. The number of carboxylic acids is 1. The first-order chi connectivity index (χ1) is 8.74. The van der Waals surface area contributed by atoms with Crippen molar-refractivity contribution >= 4 is 27.3 Å². The smallest absolute Gasteiger partial charge is 0.356 e. The Morgan fingerprint density at radius 1 is 1.47 bits per heavy atom. The molecule has 7 nitrogen and oxygen atoms in total. The van der Waals surface area contributed by atoms with Crippen LogP contribution in [0.2, 0.25) is 0 Å². The van der Waals surface area contributed by atoms with E-state index >= 15 is 0 Å². The third-order valence-electron chi connectivity index (χ3n) is 3.11. The first-order valence-corrected chi connectivity index (χ1v) is 7.95. The number of aromatic carboxylic acids is 1. The number of rotatable bonds is 3. The number of sulfonamides is 1. The van der Waals surface area contributed by atoms with Gasteiger partial charge in [-0.3, -0.25) is 0 Å². The van der Waals surface area contributed by atoms with Crippen LogP contribution in [-0.4, -0.2) is 52.6 Å². The molecule has 0 radical (unpaired) electrons. The van der Waals surface area contributed by atoms with Crippen molar-refractivity contribution in [2.24, 2.45) is 0 Å². The van der Waals surface area contributed by atoms with Gasteiger partial charge in [-0.1, -0.05) is 0 Å². The Kier molecular flexibility index (Phi) is 3.65. The van der Waals surface area contributed by atoms with Gasteiger partial charge in [-0.05, 0) is 19.8 Å². The molecule has 0 aliphatic carbocycles. The molecule has 0 unspecified atom stereocenters. The zero-order valence-electron chi connectivity index (χ0n) is 10.2. The van der Waals surface area contributed by atoms with Crippen LogP contribution in [0.5, 0.6) is 0 Å². The largest absolute Gasteiger partial charge is 0.476 e. The molecule has 0 saturated carbocycles. The third-order valence-corrected chi connectivity index (χ3v) is 6.36. The van der Waals surface area contributed by atoms with E-state index in [1.807, 2.05) is 0 Å². The molecule has 9 heteroatoms. The molecule has 1 aromatic rings. The van der Waals surface area contributed by atoms with Gasteiger partial charge in [-0.15, -0.1) is 11.3 Å². The molecule has 0 aromatic carbocycles. The zero-order chi connectivity index (χ0) is 14.3. The van der Waals surface area contributed by atoms with E-state index in [1.54, 1.807) is 6.92 Å². The average molecular weight is 306 g/mol. The minimum atomic E-state index is -3.85. The van der Waals surface area contributed by atoms with E-state index < -0.39 is 27.3 Å². The second-order valence-corrected chi connectivity index (χ2v) is 7.68. The van der Waals surface area contributed by atoms with Crippen molar-refractivity contribution in [3.05, 3.63) is 11.2 Å². The summed E-state index contributed by atoms with van der Waals surface area (Å²) in [5.41, 5.74) is -0.103.